The molecule has 0 aliphatic rings. The summed E-state index contributed by atoms with van der Waals surface area (Å²) in [5.74, 6) is -0.210. The SMILES string of the molecule is CCN(CC)c1ccc(N)c(OC(Oc2ccc([N+](=O)[O-])cc2N)(Oc2ccc([N+](=O)[O-])cc2N)Oc2cc(N(CC)CC)ccc2N)c1. The van der Waals surface area contributed by atoms with Crippen LogP contribution >= 0.6 is 0 Å². The minimum absolute atomic E-state index is 0.0452. The molecule has 8 N–H and O–H groups in total. The smallest absolute Gasteiger partial charge is 0.396 e. The standard InChI is InChI=1S/C33H40N8O8/c1-5-38(6-2)21-9-13-25(34)31(19-21)48-33(46-29-15-11-23(40(42)43)17-27(29)36,47-30-16-12-24(41(44)45)18-28(30)37)49-32-20-22(10-14-26(32)35)39(7-3)8-4/h9-20H,5-8,34-37H2,1-4H3. The number of non-ortho nitro benzene ring substituents is 2. The van der Waals surface area contributed by atoms with Gasteiger partial charge in [-0.05, 0) is 64.1 Å². The molecule has 0 aliphatic heterocycles. The second-order valence-corrected chi connectivity index (χ2v) is 10.7. The molecular formula is C33H40N8O8. The Bertz CT molecular complexity index is 1680. The molecule has 0 aromatic heterocycles. The van der Waals surface area contributed by atoms with E-state index in [0.29, 0.717) is 26.2 Å². The van der Waals surface area contributed by atoms with E-state index in [2.05, 4.69) is 0 Å². The second-order valence-electron chi connectivity index (χ2n) is 10.7. The van der Waals surface area contributed by atoms with Gasteiger partial charge in [0.05, 0.1) is 32.6 Å². The van der Waals surface area contributed by atoms with Gasteiger partial charge in [0, 0.05) is 74.0 Å². The molecule has 0 bridgehead atoms. The summed E-state index contributed by atoms with van der Waals surface area (Å²) in [5, 5.41) is 22.9. The van der Waals surface area contributed by atoms with E-state index in [1.165, 1.54) is 24.3 Å². The van der Waals surface area contributed by atoms with Crippen molar-refractivity contribution in [2.75, 3.05) is 58.9 Å². The van der Waals surface area contributed by atoms with Crippen molar-refractivity contribution in [1.29, 1.82) is 0 Å². The maximum absolute atomic E-state index is 11.5. The number of ether oxygens (including phenoxy) is 4. The second kappa shape index (κ2) is 15.1. The molecular weight excluding hydrogens is 636 g/mol. The van der Waals surface area contributed by atoms with E-state index in [1.54, 1.807) is 24.3 Å². The van der Waals surface area contributed by atoms with Crippen LogP contribution in [0.3, 0.4) is 0 Å². The molecule has 0 saturated carbocycles. The molecule has 0 aliphatic carbocycles. The summed E-state index contributed by atoms with van der Waals surface area (Å²) < 4.78 is 25.4. The Morgan fingerprint density at radius 3 is 1.18 bits per heavy atom. The zero-order valence-electron chi connectivity index (χ0n) is 27.6. The Hall–Kier alpha value is -6.32. The fourth-order valence-corrected chi connectivity index (χ4v) is 4.94. The first-order valence-electron chi connectivity index (χ1n) is 15.5. The lowest BCUT2D eigenvalue weighted by molar-refractivity contribution is -0.385. The molecule has 16 nitrogen and oxygen atoms in total. The summed E-state index contributed by atoms with van der Waals surface area (Å²) in [4.78, 5) is 25.8. The van der Waals surface area contributed by atoms with Crippen molar-refractivity contribution in [1.82, 2.24) is 0 Å². The summed E-state index contributed by atoms with van der Waals surface area (Å²) in [6.07, 6.45) is -2.69. The number of nitro groups is 2. The molecule has 0 saturated heterocycles. The van der Waals surface area contributed by atoms with Crippen molar-refractivity contribution in [3.8, 4) is 23.0 Å². The van der Waals surface area contributed by atoms with Crippen molar-refractivity contribution in [3.05, 3.63) is 93.0 Å². The van der Waals surface area contributed by atoms with Gasteiger partial charge in [0.25, 0.3) is 11.4 Å². The summed E-state index contributed by atoms with van der Waals surface area (Å²) in [6.45, 7) is 10.6. The van der Waals surface area contributed by atoms with Crippen LogP contribution in [0.2, 0.25) is 0 Å². The lowest BCUT2D eigenvalue weighted by Gasteiger charge is -2.34. The number of rotatable bonds is 16. The number of nitrogens with two attached hydrogens (primary N) is 4. The van der Waals surface area contributed by atoms with Crippen LogP contribution in [-0.2, 0) is 0 Å². The lowest BCUT2D eigenvalue weighted by Crippen LogP contribution is -2.54. The summed E-state index contributed by atoms with van der Waals surface area (Å²) in [5.41, 5.74) is 26.2. The predicted molar refractivity (Wildman–Crippen MR) is 189 cm³/mol. The van der Waals surface area contributed by atoms with Crippen LogP contribution in [0.1, 0.15) is 27.7 Å². The predicted octanol–water partition coefficient (Wildman–Crippen LogP) is 5.75. The zero-order chi connectivity index (χ0) is 35.9. The van der Waals surface area contributed by atoms with Gasteiger partial charge in [-0.2, -0.15) is 0 Å². The van der Waals surface area contributed by atoms with E-state index in [-0.39, 0.29) is 57.1 Å². The Balaban J connectivity index is 1.98. The third-order valence-electron chi connectivity index (χ3n) is 7.60. The molecule has 0 amide bonds. The van der Waals surface area contributed by atoms with Gasteiger partial charge in [-0.1, -0.05) is 0 Å². The molecule has 0 atom stereocenters. The van der Waals surface area contributed by atoms with Crippen LogP contribution in [-0.4, -0.2) is 42.2 Å². The molecule has 0 spiro atoms. The summed E-state index contributed by atoms with van der Waals surface area (Å²) in [7, 11) is 0. The summed E-state index contributed by atoms with van der Waals surface area (Å²) >= 11 is 0. The van der Waals surface area contributed by atoms with Gasteiger partial charge in [-0.15, -0.1) is 0 Å². The van der Waals surface area contributed by atoms with Gasteiger partial charge < -0.3 is 51.7 Å². The van der Waals surface area contributed by atoms with E-state index in [0.717, 1.165) is 23.5 Å². The van der Waals surface area contributed by atoms with Crippen molar-refractivity contribution in [3.63, 3.8) is 0 Å². The first-order chi connectivity index (χ1) is 23.3. The normalized spacial score (nSPS) is 11.0. The summed E-state index contributed by atoms with van der Waals surface area (Å²) in [6, 6.07) is 17.2. The topological polar surface area (TPSA) is 234 Å². The van der Waals surface area contributed by atoms with Crippen molar-refractivity contribution < 1.29 is 28.8 Å². The molecule has 4 rings (SSSR count). The van der Waals surface area contributed by atoms with Crippen LogP contribution < -0.4 is 51.7 Å². The highest BCUT2D eigenvalue weighted by Crippen LogP contribution is 2.40. The number of nitrogen functional groups attached to an aromatic ring is 4. The number of hydrogen-bond donors (Lipinski definition) is 4. The minimum Gasteiger partial charge on any atom is -0.396 e. The first-order valence-corrected chi connectivity index (χ1v) is 15.5. The van der Waals surface area contributed by atoms with E-state index in [4.69, 9.17) is 41.9 Å². The van der Waals surface area contributed by atoms with Crippen molar-refractivity contribution in [2.24, 2.45) is 0 Å². The Morgan fingerprint density at radius 2 is 0.878 bits per heavy atom. The number of hydrogen-bond acceptors (Lipinski definition) is 14. The van der Waals surface area contributed by atoms with E-state index in [9.17, 15) is 20.2 Å². The van der Waals surface area contributed by atoms with Crippen molar-refractivity contribution >= 4 is 45.5 Å². The van der Waals surface area contributed by atoms with E-state index < -0.39 is 16.0 Å². The molecule has 0 heterocycles. The highest BCUT2D eigenvalue weighted by atomic mass is 17.0. The highest BCUT2D eigenvalue weighted by molar-refractivity contribution is 5.65. The minimum atomic E-state index is -2.69. The van der Waals surface area contributed by atoms with Gasteiger partial charge in [0.15, 0.2) is 23.0 Å². The van der Waals surface area contributed by atoms with Gasteiger partial charge in [0.1, 0.15) is 0 Å². The Labute approximate surface area is 283 Å². The van der Waals surface area contributed by atoms with Crippen LogP contribution in [0.4, 0.5) is 45.5 Å². The highest BCUT2D eigenvalue weighted by Gasteiger charge is 2.46. The van der Waals surface area contributed by atoms with E-state index in [1.807, 2.05) is 49.6 Å². The first kappa shape index (κ1) is 35.5. The average Bonchev–Trinajstić information content (AvgIpc) is 3.06. The maximum atomic E-state index is 11.5. The van der Waals surface area contributed by atoms with Gasteiger partial charge >= 0.3 is 6.16 Å². The molecule has 0 radical (unpaired) electrons. The van der Waals surface area contributed by atoms with Crippen LogP contribution in [0.15, 0.2) is 72.8 Å². The number of nitrogens with zero attached hydrogens (tertiary/aromatic N) is 4. The fraction of sp³-hybridized carbons (Fsp3) is 0.273. The number of nitro benzene ring substituents is 2. The van der Waals surface area contributed by atoms with Gasteiger partial charge in [-0.25, -0.2) is 0 Å². The fourth-order valence-electron chi connectivity index (χ4n) is 4.94. The molecule has 260 valence electrons. The molecule has 4 aromatic carbocycles. The largest absolute Gasteiger partial charge is 0.611 e. The third kappa shape index (κ3) is 8.16. The number of anilines is 6. The molecule has 0 unspecified atom stereocenters. The lowest BCUT2D eigenvalue weighted by atomic mass is 10.2. The van der Waals surface area contributed by atoms with E-state index >= 15 is 0 Å². The van der Waals surface area contributed by atoms with Gasteiger partial charge in [-0.3, -0.25) is 20.2 Å². The third-order valence-corrected chi connectivity index (χ3v) is 7.60. The van der Waals surface area contributed by atoms with Crippen LogP contribution in [0.5, 0.6) is 23.0 Å². The number of benzene rings is 4. The quantitative estimate of drug-likeness (QED) is 0.0479. The monoisotopic (exact) mass is 676 g/mol. The van der Waals surface area contributed by atoms with Gasteiger partial charge in [0.2, 0.25) is 0 Å². The maximum Gasteiger partial charge on any atom is 0.611 e. The van der Waals surface area contributed by atoms with Crippen LogP contribution in [0, 0.1) is 20.2 Å². The molecule has 0 fully saturated rings. The molecule has 4 aromatic rings. The van der Waals surface area contributed by atoms with Crippen molar-refractivity contribution in [2.45, 2.75) is 33.9 Å². The Morgan fingerprint density at radius 1 is 0.531 bits per heavy atom. The average molecular weight is 677 g/mol. The molecule has 49 heavy (non-hydrogen) atoms. The van der Waals surface area contributed by atoms with Crippen LogP contribution in [0.25, 0.3) is 0 Å². The zero-order valence-corrected chi connectivity index (χ0v) is 27.6. The Kier molecular flexibility index (Phi) is 10.9. The molecule has 16 heteroatoms.